The van der Waals surface area contributed by atoms with Gasteiger partial charge in [0, 0.05) is 12.2 Å². The molecule has 1 aromatic carbocycles. The van der Waals surface area contributed by atoms with Crippen LogP contribution in [0.25, 0.3) is 10.6 Å². The van der Waals surface area contributed by atoms with Crippen molar-refractivity contribution in [3.63, 3.8) is 0 Å². The SMILES string of the molecule is COc1cccc(CC(=O)NCCn2nc(-c3cccs3)cc2C)c1. The summed E-state index contributed by atoms with van der Waals surface area (Å²) in [5, 5.41) is 9.61. The Morgan fingerprint density at radius 3 is 2.92 bits per heavy atom. The molecule has 0 atom stereocenters. The molecule has 0 saturated carbocycles. The Balaban J connectivity index is 1.51. The second-order valence-corrected chi connectivity index (χ2v) is 6.70. The first-order valence-corrected chi connectivity index (χ1v) is 9.01. The molecule has 0 fully saturated rings. The maximum Gasteiger partial charge on any atom is 0.224 e. The molecule has 3 aromatic rings. The fourth-order valence-corrected chi connectivity index (χ4v) is 3.29. The molecule has 0 unspecified atom stereocenters. The van der Waals surface area contributed by atoms with Gasteiger partial charge in [-0.05, 0) is 42.1 Å². The van der Waals surface area contributed by atoms with Gasteiger partial charge in [-0.1, -0.05) is 18.2 Å². The zero-order chi connectivity index (χ0) is 17.6. The van der Waals surface area contributed by atoms with E-state index < -0.39 is 0 Å². The van der Waals surface area contributed by atoms with Crippen LogP contribution < -0.4 is 10.1 Å². The number of carbonyl (C=O) groups is 1. The molecule has 25 heavy (non-hydrogen) atoms. The molecule has 2 aromatic heterocycles. The first-order valence-electron chi connectivity index (χ1n) is 8.13. The standard InChI is InChI=1S/C19H21N3O2S/c1-14-11-17(18-7-4-10-25-18)21-22(14)9-8-20-19(23)13-15-5-3-6-16(12-15)24-2/h3-7,10-12H,8-9,13H2,1-2H3,(H,20,23). The minimum atomic E-state index is -0.00320. The van der Waals surface area contributed by atoms with Gasteiger partial charge in [0.1, 0.15) is 11.4 Å². The van der Waals surface area contributed by atoms with E-state index in [9.17, 15) is 4.79 Å². The van der Waals surface area contributed by atoms with Crippen molar-refractivity contribution in [1.82, 2.24) is 15.1 Å². The molecule has 0 aliphatic carbocycles. The van der Waals surface area contributed by atoms with Gasteiger partial charge in [-0.25, -0.2) is 0 Å². The van der Waals surface area contributed by atoms with Crippen LogP contribution in [-0.2, 0) is 17.8 Å². The van der Waals surface area contributed by atoms with Crippen molar-refractivity contribution in [2.45, 2.75) is 19.9 Å². The maximum absolute atomic E-state index is 12.1. The van der Waals surface area contributed by atoms with Gasteiger partial charge in [0.2, 0.25) is 5.91 Å². The summed E-state index contributed by atoms with van der Waals surface area (Å²) in [4.78, 5) is 13.3. The van der Waals surface area contributed by atoms with Crippen LogP contribution in [0, 0.1) is 6.92 Å². The van der Waals surface area contributed by atoms with Gasteiger partial charge in [0.05, 0.1) is 25.0 Å². The molecule has 1 amide bonds. The smallest absolute Gasteiger partial charge is 0.224 e. The van der Waals surface area contributed by atoms with E-state index in [1.54, 1.807) is 18.4 Å². The first kappa shape index (κ1) is 17.2. The Hall–Kier alpha value is -2.60. The van der Waals surface area contributed by atoms with Crippen LogP contribution >= 0.6 is 11.3 Å². The first-order chi connectivity index (χ1) is 12.2. The summed E-state index contributed by atoms with van der Waals surface area (Å²) >= 11 is 1.68. The fourth-order valence-electron chi connectivity index (χ4n) is 2.61. The topological polar surface area (TPSA) is 56.1 Å². The van der Waals surface area contributed by atoms with E-state index in [0.717, 1.165) is 27.6 Å². The number of aryl methyl sites for hydroxylation is 1. The lowest BCUT2D eigenvalue weighted by molar-refractivity contribution is -0.120. The van der Waals surface area contributed by atoms with Gasteiger partial charge < -0.3 is 10.1 Å². The van der Waals surface area contributed by atoms with Crippen molar-refractivity contribution in [3.05, 3.63) is 59.1 Å². The van der Waals surface area contributed by atoms with Crippen LogP contribution in [0.3, 0.4) is 0 Å². The van der Waals surface area contributed by atoms with Crippen LogP contribution in [-0.4, -0.2) is 29.3 Å². The van der Waals surface area contributed by atoms with E-state index in [1.165, 1.54) is 0 Å². The summed E-state index contributed by atoms with van der Waals surface area (Å²) in [5.41, 5.74) is 3.01. The number of hydrogen-bond donors (Lipinski definition) is 1. The van der Waals surface area contributed by atoms with Gasteiger partial charge in [-0.3, -0.25) is 9.48 Å². The third-order valence-corrected chi connectivity index (χ3v) is 4.79. The Bertz CT molecular complexity index is 840. The molecule has 6 heteroatoms. The number of methoxy groups -OCH3 is 1. The van der Waals surface area contributed by atoms with Gasteiger partial charge in [-0.2, -0.15) is 5.10 Å². The highest BCUT2D eigenvalue weighted by Crippen LogP contribution is 2.23. The average Bonchev–Trinajstić information content (AvgIpc) is 3.25. The van der Waals surface area contributed by atoms with Crippen LogP contribution in [0.2, 0.25) is 0 Å². The summed E-state index contributed by atoms with van der Waals surface area (Å²) in [6.45, 7) is 3.23. The summed E-state index contributed by atoms with van der Waals surface area (Å²) in [6.07, 6.45) is 0.343. The number of nitrogens with one attached hydrogen (secondary N) is 1. The van der Waals surface area contributed by atoms with E-state index in [1.807, 2.05) is 47.3 Å². The lowest BCUT2D eigenvalue weighted by Gasteiger charge is -2.08. The van der Waals surface area contributed by atoms with Crippen LogP contribution in [0.15, 0.2) is 47.8 Å². The monoisotopic (exact) mass is 355 g/mol. The predicted octanol–water partition coefficient (Wildman–Crippen LogP) is 3.29. The highest BCUT2D eigenvalue weighted by atomic mass is 32.1. The highest BCUT2D eigenvalue weighted by Gasteiger charge is 2.08. The summed E-state index contributed by atoms with van der Waals surface area (Å²) in [6, 6.07) is 13.7. The number of aromatic nitrogens is 2. The van der Waals surface area contributed by atoms with Gasteiger partial charge >= 0.3 is 0 Å². The normalized spacial score (nSPS) is 10.6. The summed E-state index contributed by atoms with van der Waals surface area (Å²) in [7, 11) is 1.62. The average molecular weight is 355 g/mol. The molecule has 0 spiro atoms. The number of thiophene rings is 1. The molecular weight excluding hydrogens is 334 g/mol. The molecule has 0 radical (unpaired) electrons. The highest BCUT2D eigenvalue weighted by molar-refractivity contribution is 7.13. The minimum Gasteiger partial charge on any atom is -0.497 e. The Labute approximate surface area is 151 Å². The minimum absolute atomic E-state index is 0.00320. The lowest BCUT2D eigenvalue weighted by Crippen LogP contribution is -2.29. The van der Waals surface area contributed by atoms with Crippen LogP contribution in [0.5, 0.6) is 5.75 Å². The third kappa shape index (κ3) is 4.48. The quantitative estimate of drug-likeness (QED) is 0.707. The number of carbonyl (C=O) groups excluding carboxylic acids is 1. The molecule has 0 aliphatic rings. The molecule has 0 bridgehead atoms. The van der Waals surface area contributed by atoms with E-state index in [-0.39, 0.29) is 5.91 Å². The Kier molecular flexibility index (Phi) is 5.50. The van der Waals surface area contributed by atoms with Crippen LogP contribution in [0.1, 0.15) is 11.3 Å². The molecule has 0 saturated heterocycles. The van der Waals surface area contributed by atoms with Crippen molar-refractivity contribution in [2.24, 2.45) is 0 Å². The second-order valence-electron chi connectivity index (χ2n) is 5.75. The number of nitrogens with zero attached hydrogens (tertiary/aromatic N) is 2. The molecule has 130 valence electrons. The molecule has 2 heterocycles. The van der Waals surface area contributed by atoms with E-state index in [0.29, 0.717) is 19.5 Å². The Morgan fingerprint density at radius 1 is 1.28 bits per heavy atom. The van der Waals surface area contributed by atoms with Crippen LogP contribution in [0.4, 0.5) is 0 Å². The van der Waals surface area contributed by atoms with Crippen molar-refractivity contribution >= 4 is 17.2 Å². The summed E-state index contributed by atoms with van der Waals surface area (Å²) in [5.74, 6) is 0.759. The molecule has 5 nitrogen and oxygen atoms in total. The van der Waals surface area contributed by atoms with Crippen molar-refractivity contribution in [2.75, 3.05) is 13.7 Å². The van der Waals surface area contributed by atoms with Crippen molar-refractivity contribution < 1.29 is 9.53 Å². The second kappa shape index (κ2) is 7.98. The molecule has 3 rings (SSSR count). The number of rotatable bonds is 7. The fraction of sp³-hybridized carbons (Fsp3) is 0.263. The van der Waals surface area contributed by atoms with Gasteiger partial charge in [0.25, 0.3) is 0 Å². The number of hydrogen-bond acceptors (Lipinski definition) is 4. The largest absolute Gasteiger partial charge is 0.497 e. The van der Waals surface area contributed by atoms with E-state index in [2.05, 4.69) is 22.5 Å². The van der Waals surface area contributed by atoms with Crippen molar-refractivity contribution in [1.29, 1.82) is 0 Å². The molecular formula is C19H21N3O2S. The lowest BCUT2D eigenvalue weighted by atomic mass is 10.1. The molecule has 1 N–H and O–H groups in total. The van der Waals surface area contributed by atoms with Gasteiger partial charge in [-0.15, -0.1) is 11.3 Å². The zero-order valence-electron chi connectivity index (χ0n) is 14.4. The Morgan fingerprint density at radius 2 is 2.16 bits per heavy atom. The van der Waals surface area contributed by atoms with E-state index >= 15 is 0 Å². The van der Waals surface area contributed by atoms with Gasteiger partial charge in [0.15, 0.2) is 0 Å². The number of amides is 1. The molecule has 0 aliphatic heterocycles. The third-order valence-electron chi connectivity index (χ3n) is 3.90. The predicted molar refractivity (Wildman–Crippen MR) is 100.0 cm³/mol. The van der Waals surface area contributed by atoms with Crippen molar-refractivity contribution in [3.8, 4) is 16.3 Å². The zero-order valence-corrected chi connectivity index (χ0v) is 15.2. The maximum atomic E-state index is 12.1. The number of benzene rings is 1. The van der Waals surface area contributed by atoms with E-state index in [4.69, 9.17) is 4.74 Å². The summed E-state index contributed by atoms with van der Waals surface area (Å²) < 4.78 is 7.11. The number of ether oxygens (including phenoxy) is 1.